The molecule has 0 bridgehead atoms. The monoisotopic (exact) mass is 477 g/mol. The highest BCUT2D eigenvalue weighted by atomic mass is 32.1. The zero-order valence-electron chi connectivity index (χ0n) is 20.3. The van der Waals surface area contributed by atoms with Gasteiger partial charge in [0.15, 0.2) is 5.11 Å². The molecule has 1 aromatic carbocycles. The Bertz CT molecular complexity index is 1210. The summed E-state index contributed by atoms with van der Waals surface area (Å²) in [6, 6.07) is 14.0. The summed E-state index contributed by atoms with van der Waals surface area (Å²) in [6.45, 7) is 9.37. The van der Waals surface area contributed by atoms with Crippen molar-refractivity contribution in [3.8, 4) is 0 Å². The highest BCUT2D eigenvalue weighted by molar-refractivity contribution is 7.80. The number of nitrogens with zero attached hydrogens (tertiary/aromatic N) is 3. The summed E-state index contributed by atoms with van der Waals surface area (Å²) in [7, 11) is 1.50. The van der Waals surface area contributed by atoms with Gasteiger partial charge in [0.2, 0.25) is 5.91 Å². The second-order valence-corrected chi connectivity index (χ2v) is 8.93. The number of hydrogen-bond donors (Lipinski definition) is 2. The van der Waals surface area contributed by atoms with Gasteiger partial charge in [-0.25, -0.2) is 0 Å². The number of pyridine rings is 1. The number of aryl methyl sites for hydroxylation is 2. The highest BCUT2D eigenvalue weighted by Crippen LogP contribution is 2.43. The molecule has 1 saturated heterocycles. The summed E-state index contributed by atoms with van der Waals surface area (Å²) in [5.74, 6) is -0.184. The van der Waals surface area contributed by atoms with Crippen molar-refractivity contribution < 1.29 is 9.53 Å². The van der Waals surface area contributed by atoms with E-state index in [4.69, 9.17) is 17.0 Å². The molecule has 2 aromatic heterocycles. The van der Waals surface area contributed by atoms with Gasteiger partial charge in [0.05, 0.1) is 17.8 Å². The highest BCUT2D eigenvalue weighted by Gasteiger charge is 2.42. The Balaban J connectivity index is 1.78. The zero-order valence-corrected chi connectivity index (χ0v) is 21.1. The van der Waals surface area contributed by atoms with Crippen LogP contribution in [0.5, 0.6) is 0 Å². The molecule has 0 radical (unpaired) electrons. The van der Waals surface area contributed by atoms with Crippen LogP contribution < -0.4 is 15.5 Å². The van der Waals surface area contributed by atoms with E-state index in [0.717, 1.165) is 29.2 Å². The average Bonchev–Trinajstić information content (AvgIpc) is 3.30. The molecule has 2 N–H and O–H groups in total. The number of benzene rings is 1. The molecule has 8 heteroatoms. The SMILES string of the molecule is CCn1c(C)cc([C@@H]2[C@H](c3ccccn3)NC(=S)N2c2ccc(NC(=O)COC)c(C)c2)c1C. The molecule has 3 heterocycles. The Morgan fingerprint density at radius 3 is 2.62 bits per heavy atom. The third kappa shape index (κ3) is 4.43. The minimum atomic E-state index is -0.184. The van der Waals surface area contributed by atoms with Crippen molar-refractivity contribution in [3.63, 3.8) is 0 Å². The molecule has 4 rings (SSSR count). The summed E-state index contributed by atoms with van der Waals surface area (Å²) in [5, 5.41) is 7.08. The van der Waals surface area contributed by atoms with Gasteiger partial charge in [0.1, 0.15) is 6.61 Å². The van der Waals surface area contributed by atoms with Gasteiger partial charge in [-0.2, -0.15) is 0 Å². The van der Waals surface area contributed by atoms with Crippen LogP contribution in [0.3, 0.4) is 0 Å². The third-order valence-corrected chi connectivity index (χ3v) is 6.70. The lowest BCUT2D eigenvalue weighted by molar-refractivity contribution is -0.119. The minimum absolute atomic E-state index is 0.0161. The van der Waals surface area contributed by atoms with Gasteiger partial charge in [-0.1, -0.05) is 6.07 Å². The van der Waals surface area contributed by atoms with Crippen molar-refractivity contribution in [2.24, 2.45) is 0 Å². The lowest BCUT2D eigenvalue weighted by atomic mass is 9.96. The normalized spacial score (nSPS) is 17.7. The van der Waals surface area contributed by atoms with Crippen molar-refractivity contribution in [2.75, 3.05) is 23.9 Å². The van der Waals surface area contributed by atoms with E-state index in [1.807, 2.05) is 43.5 Å². The van der Waals surface area contributed by atoms with E-state index in [1.165, 1.54) is 24.1 Å². The molecule has 1 aliphatic rings. The van der Waals surface area contributed by atoms with Gasteiger partial charge < -0.3 is 24.8 Å². The second kappa shape index (κ2) is 9.95. The fourth-order valence-corrected chi connectivity index (χ4v) is 5.16. The minimum Gasteiger partial charge on any atom is -0.375 e. The Hall–Kier alpha value is -3.23. The summed E-state index contributed by atoms with van der Waals surface area (Å²) in [6.07, 6.45) is 1.82. The first kappa shape index (κ1) is 23.9. The van der Waals surface area contributed by atoms with Crippen LogP contribution in [-0.2, 0) is 16.1 Å². The molecule has 3 aromatic rings. The first-order chi connectivity index (χ1) is 16.3. The molecule has 0 spiro atoms. The Morgan fingerprint density at radius 1 is 1.21 bits per heavy atom. The number of rotatable bonds is 7. The Labute approximate surface area is 206 Å². The van der Waals surface area contributed by atoms with E-state index >= 15 is 0 Å². The molecule has 0 aliphatic carbocycles. The van der Waals surface area contributed by atoms with E-state index in [2.05, 4.69) is 58.0 Å². The quantitative estimate of drug-likeness (QED) is 0.485. The molecular formula is C26H31N5O2S. The third-order valence-electron chi connectivity index (χ3n) is 6.38. The number of aromatic nitrogens is 2. The summed E-state index contributed by atoms with van der Waals surface area (Å²) in [5.41, 5.74) is 7.28. The lowest BCUT2D eigenvalue weighted by Gasteiger charge is -2.29. The summed E-state index contributed by atoms with van der Waals surface area (Å²) >= 11 is 5.86. The maximum atomic E-state index is 12.0. The number of nitrogens with one attached hydrogen (secondary N) is 2. The van der Waals surface area contributed by atoms with Crippen LogP contribution >= 0.6 is 12.2 Å². The van der Waals surface area contributed by atoms with Crippen molar-refractivity contribution in [1.82, 2.24) is 14.9 Å². The maximum Gasteiger partial charge on any atom is 0.250 e. The van der Waals surface area contributed by atoms with Crippen molar-refractivity contribution >= 4 is 34.6 Å². The van der Waals surface area contributed by atoms with Gasteiger partial charge in [-0.3, -0.25) is 9.78 Å². The van der Waals surface area contributed by atoms with Gasteiger partial charge in [0, 0.05) is 42.6 Å². The van der Waals surface area contributed by atoms with Crippen LogP contribution in [0.4, 0.5) is 11.4 Å². The van der Waals surface area contributed by atoms with Gasteiger partial charge in [0.25, 0.3) is 0 Å². The van der Waals surface area contributed by atoms with Crippen LogP contribution in [0.15, 0.2) is 48.7 Å². The van der Waals surface area contributed by atoms with Gasteiger partial charge >= 0.3 is 0 Å². The Kier molecular flexibility index (Phi) is 7.00. The topological polar surface area (TPSA) is 71.4 Å². The van der Waals surface area contributed by atoms with Crippen LogP contribution in [0.1, 0.15) is 47.2 Å². The van der Waals surface area contributed by atoms with E-state index in [0.29, 0.717) is 5.11 Å². The zero-order chi connectivity index (χ0) is 24.4. The van der Waals surface area contributed by atoms with Crippen molar-refractivity contribution in [2.45, 2.75) is 46.3 Å². The van der Waals surface area contributed by atoms with E-state index < -0.39 is 0 Å². The fourth-order valence-electron chi connectivity index (χ4n) is 4.82. The van der Waals surface area contributed by atoms with E-state index in [1.54, 1.807) is 0 Å². The number of amides is 1. The fraction of sp³-hybridized carbons (Fsp3) is 0.346. The first-order valence-electron chi connectivity index (χ1n) is 11.4. The average molecular weight is 478 g/mol. The summed E-state index contributed by atoms with van der Waals surface area (Å²) < 4.78 is 7.25. The number of carbonyl (C=O) groups excluding carboxylic acids is 1. The van der Waals surface area contributed by atoms with Crippen LogP contribution in [0.25, 0.3) is 0 Å². The first-order valence-corrected chi connectivity index (χ1v) is 11.8. The Morgan fingerprint density at radius 2 is 2.00 bits per heavy atom. The lowest BCUT2D eigenvalue weighted by Crippen LogP contribution is -2.29. The van der Waals surface area contributed by atoms with Crippen LogP contribution in [0, 0.1) is 20.8 Å². The number of methoxy groups -OCH3 is 1. The molecule has 1 fully saturated rings. The number of hydrogen-bond acceptors (Lipinski definition) is 4. The standard InChI is InChI=1S/C26H31N5O2S/c1-6-30-17(3)14-20(18(30)4)25-24(22-9-7-8-12-27-22)29-26(34)31(25)19-10-11-21(16(2)13-19)28-23(32)15-33-5/h7-14,24-25H,6,15H2,1-5H3,(H,28,32)(H,29,34)/t24-,25+/m0/s1. The van der Waals surface area contributed by atoms with E-state index in [9.17, 15) is 4.79 Å². The molecule has 178 valence electrons. The number of anilines is 2. The summed E-state index contributed by atoms with van der Waals surface area (Å²) in [4.78, 5) is 18.8. The predicted octanol–water partition coefficient (Wildman–Crippen LogP) is 4.59. The largest absolute Gasteiger partial charge is 0.375 e. The van der Waals surface area contributed by atoms with Gasteiger partial charge in [-0.05, 0) is 87.4 Å². The maximum absolute atomic E-state index is 12.0. The molecular weight excluding hydrogens is 446 g/mol. The molecule has 34 heavy (non-hydrogen) atoms. The molecule has 1 aliphatic heterocycles. The number of thiocarbonyl (C=S) groups is 1. The number of carbonyl (C=O) groups is 1. The smallest absolute Gasteiger partial charge is 0.250 e. The van der Waals surface area contributed by atoms with Crippen molar-refractivity contribution in [3.05, 3.63) is 76.9 Å². The van der Waals surface area contributed by atoms with Crippen molar-refractivity contribution in [1.29, 1.82) is 0 Å². The molecule has 2 atom stereocenters. The van der Waals surface area contributed by atoms with Gasteiger partial charge in [-0.15, -0.1) is 0 Å². The molecule has 1 amide bonds. The molecule has 0 saturated carbocycles. The van der Waals surface area contributed by atoms with Crippen LogP contribution in [-0.4, -0.2) is 34.3 Å². The van der Waals surface area contributed by atoms with E-state index in [-0.39, 0.29) is 24.6 Å². The second-order valence-electron chi connectivity index (χ2n) is 8.55. The molecule has 7 nitrogen and oxygen atoms in total. The van der Waals surface area contributed by atoms with Crippen LogP contribution in [0.2, 0.25) is 0 Å². The predicted molar refractivity (Wildman–Crippen MR) is 139 cm³/mol. The number of ether oxygens (including phenoxy) is 1. The molecule has 0 unspecified atom stereocenters.